The van der Waals surface area contributed by atoms with Gasteiger partial charge in [0.05, 0.1) is 26.1 Å². The minimum absolute atomic E-state index is 0.0196. The van der Waals surface area contributed by atoms with Gasteiger partial charge in [-0.05, 0) is 24.1 Å². The van der Waals surface area contributed by atoms with Gasteiger partial charge in [-0.2, -0.15) is 0 Å². The first kappa shape index (κ1) is 18.7. The molecule has 0 aromatic heterocycles. The van der Waals surface area contributed by atoms with E-state index in [2.05, 4.69) is 10.6 Å². The van der Waals surface area contributed by atoms with E-state index in [1.165, 1.54) is 0 Å². The van der Waals surface area contributed by atoms with Crippen molar-refractivity contribution in [3.05, 3.63) is 29.3 Å². The number of ether oxygens (including phenoxy) is 1. The zero-order chi connectivity index (χ0) is 18.4. The van der Waals surface area contributed by atoms with E-state index in [1.807, 2.05) is 30.0 Å². The molecule has 0 saturated carbocycles. The molecule has 0 unspecified atom stereocenters. The summed E-state index contributed by atoms with van der Waals surface area (Å²) in [5.41, 5.74) is 7.06. The molecule has 8 nitrogen and oxygen atoms in total. The molecule has 136 valence electrons. The lowest BCUT2D eigenvalue weighted by Gasteiger charge is -2.34. The molecule has 1 aliphatic heterocycles. The zero-order valence-corrected chi connectivity index (χ0v) is 14.5. The van der Waals surface area contributed by atoms with Crippen molar-refractivity contribution in [3.8, 4) is 5.75 Å². The second-order valence-electron chi connectivity index (χ2n) is 6.03. The fraction of sp³-hybridized carbons (Fsp3) is 0.471. The smallest absolute Gasteiger partial charge is 0.237 e. The Labute approximate surface area is 146 Å². The van der Waals surface area contributed by atoms with Crippen molar-refractivity contribution in [1.29, 1.82) is 0 Å². The van der Waals surface area contributed by atoms with Gasteiger partial charge in [0.2, 0.25) is 17.7 Å². The van der Waals surface area contributed by atoms with Crippen LogP contribution in [-0.2, 0) is 20.9 Å². The van der Waals surface area contributed by atoms with Gasteiger partial charge in [-0.15, -0.1) is 0 Å². The number of rotatable bonds is 7. The topological polar surface area (TPSA) is 114 Å². The summed E-state index contributed by atoms with van der Waals surface area (Å²) in [4.78, 5) is 36.9. The molecule has 1 aromatic rings. The van der Waals surface area contributed by atoms with Gasteiger partial charge in [0, 0.05) is 19.6 Å². The summed E-state index contributed by atoms with van der Waals surface area (Å²) in [7, 11) is 1.62. The Morgan fingerprint density at radius 3 is 2.84 bits per heavy atom. The van der Waals surface area contributed by atoms with Crippen LogP contribution in [0.4, 0.5) is 0 Å². The average Bonchev–Trinajstić information content (AvgIpc) is 2.56. The van der Waals surface area contributed by atoms with Crippen LogP contribution < -0.4 is 21.1 Å². The number of carbonyl (C=O) groups excluding carboxylic acids is 3. The van der Waals surface area contributed by atoms with E-state index >= 15 is 0 Å². The van der Waals surface area contributed by atoms with Crippen LogP contribution in [0.1, 0.15) is 17.5 Å². The predicted molar refractivity (Wildman–Crippen MR) is 91.8 cm³/mol. The lowest BCUT2D eigenvalue weighted by molar-refractivity contribution is -0.134. The Morgan fingerprint density at radius 2 is 2.20 bits per heavy atom. The maximum Gasteiger partial charge on any atom is 0.237 e. The minimum atomic E-state index is -0.619. The second kappa shape index (κ2) is 8.48. The van der Waals surface area contributed by atoms with Crippen LogP contribution in [0.15, 0.2) is 18.2 Å². The average molecular weight is 348 g/mol. The summed E-state index contributed by atoms with van der Waals surface area (Å²) in [6, 6.07) is 5.27. The molecule has 0 bridgehead atoms. The molecule has 8 heteroatoms. The fourth-order valence-electron chi connectivity index (χ4n) is 2.88. The van der Waals surface area contributed by atoms with E-state index in [4.69, 9.17) is 10.5 Å². The number of nitrogens with zero attached hydrogens (tertiary/aromatic N) is 1. The van der Waals surface area contributed by atoms with Gasteiger partial charge in [-0.25, -0.2) is 0 Å². The summed E-state index contributed by atoms with van der Waals surface area (Å²) in [5.74, 6) is -0.378. The van der Waals surface area contributed by atoms with Crippen molar-refractivity contribution in [3.63, 3.8) is 0 Å². The molecule has 1 fully saturated rings. The molecule has 4 N–H and O–H groups in total. The van der Waals surface area contributed by atoms with Gasteiger partial charge in [0.15, 0.2) is 0 Å². The van der Waals surface area contributed by atoms with Crippen molar-refractivity contribution in [1.82, 2.24) is 15.5 Å². The van der Waals surface area contributed by atoms with Gasteiger partial charge in [0.1, 0.15) is 5.75 Å². The number of methoxy groups -OCH3 is 1. The highest BCUT2D eigenvalue weighted by Crippen LogP contribution is 2.21. The number of benzene rings is 1. The van der Waals surface area contributed by atoms with Crippen LogP contribution >= 0.6 is 0 Å². The van der Waals surface area contributed by atoms with E-state index in [0.717, 1.165) is 16.9 Å². The zero-order valence-electron chi connectivity index (χ0n) is 14.5. The van der Waals surface area contributed by atoms with Gasteiger partial charge >= 0.3 is 0 Å². The van der Waals surface area contributed by atoms with Crippen LogP contribution in [-0.4, -0.2) is 55.4 Å². The molecule has 0 radical (unpaired) electrons. The van der Waals surface area contributed by atoms with Crippen LogP contribution in [0.2, 0.25) is 0 Å². The summed E-state index contributed by atoms with van der Waals surface area (Å²) < 4.78 is 5.26. The third kappa shape index (κ3) is 5.18. The highest BCUT2D eigenvalue weighted by molar-refractivity contribution is 5.90. The molecule has 1 atom stereocenters. The largest absolute Gasteiger partial charge is 0.496 e. The lowest BCUT2D eigenvalue weighted by atomic mass is 10.1. The molecule has 2 rings (SSSR count). The second-order valence-corrected chi connectivity index (χ2v) is 6.03. The Kier molecular flexibility index (Phi) is 6.35. The quantitative estimate of drug-likeness (QED) is 0.603. The van der Waals surface area contributed by atoms with E-state index < -0.39 is 11.9 Å². The van der Waals surface area contributed by atoms with Crippen molar-refractivity contribution in [2.75, 3.05) is 26.7 Å². The molecule has 1 saturated heterocycles. The number of hydrogen-bond donors (Lipinski definition) is 3. The number of nitrogens with two attached hydrogens (primary N) is 1. The predicted octanol–water partition coefficient (Wildman–Crippen LogP) is -0.704. The molecule has 0 spiro atoms. The minimum Gasteiger partial charge on any atom is -0.496 e. The first-order valence-electron chi connectivity index (χ1n) is 8.11. The van der Waals surface area contributed by atoms with E-state index in [9.17, 15) is 14.4 Å². The van der Waals surface area contributed by atoms with Crippen LogP contribution in [0.25, 0.3) is 0 Å². The fourth-order valence-corrected chi connectivity index (χ4v) is 2.88. The van der Waals surface area contributed by atoms with Crippen molar-refractivity contribution < 1.29 is 19.1 Å². The first-order chi connectivity index (χ1) is 11.9. The molecular formula is C17H24N4O4. The van der Waals surface area contributed by atoms with Crippen molar-refractivity contribution in [2.45, 2.75) is 25.9 Å². The number of piperazine rings is 1. The summed E-state index contributed by atoms with van der Waals surface area (Å²) in [6.45, 7) is 3.45. The normalized spacial score (nSPS) is 17.7. The Morgan fingerprint density at radius 1 is 1.44 bits per heavy atom. The number of hydrogen-bond acceptors (Lipinski definition) is 5. The number of nitrogens with one attached hydrogen (secondary N) is 2. The SMILES string of the molecule is COc1ccc(CN2CCNC(=O)[C@H]2CC(=O)NCC(N)=O)cc1C. The summed E-state index contributed by atoms with van der Waals surface area (Å²) >= 11 is 0. The highest BCUT2D eigenvalue weighted by atomic mass is 16.5. The van der Waals surface area contributed by atoms with Gasteiger partial charge in [-0.3, -0.25) is 19.3 Å². The molecule has 0 aliphatic carbocycles. The molecule has 1 aromatic carbocycles. The van der Waals surface area contributed by atoms with E-state index in [-0.39, 0.29) is 24.8 Å². The Balaban J connectivity index is 2.05. The van der Waals surface area contributed by atoms with Gasteiger partial charge in [-0.1, -0.05) is 12.1 Å². The monoisotopic (exact) mass is 348 g/mol. The summed E-state index contributed by atoms with van der Waals surface area (Å²) in [6.07, 6.45) is -0.0196. The van der Waals surface area contributed by atoms with Crippen molar-refractivity contribution >= 4 is 17.7 Å². The first-order valence-corrected chi connectivity index (χ1v) is 8.11. The van der Waals surface area contributed by atoms with E-state index in [0.29, 0.717) is 19.6 Å². The maximum absolute atomic E-state index is 12.2. The Bertz CT molecular complexity index is 662. The Hall–Kier alpha value is -2.61. The van der Waals surface area contributed by atoms with E-state index in [1.54, 1.807) is 7.11 Å². The molecular weight excluding hydrogens is 324 g/mol. The number of carbonyl (C=O) groups is 3. The molecule has 3 amide bonds. The number of amides is 3. The molecule has 25 heavy (non-hydrogen) atoms. The standard InChI is InChI=1S/C17H24N4O4/c1-11-7-12(3-4-14(11)25-2)10-21-6-5-19-17(24)13(21)8-16(23)20-9-15(18)22/h3-4,7,13H,5-6,8-10H2,1-2H3,(H2,18,22)(H,19,24)(H,20,23)/t13-/m1/s1. The number of primary amides is 1. The highest BCUT2D eigenvalue weighted by Gasteiger charge is 2.31. The van der Waals surface area contributed by atoms with Gasteiger partial charge < -0.3 is 21.1 Å². The number of aryl methyl sites for hydroxylation is 1. The molecule has 1 heterocycles. The van der Waals surface area contributed by atoms with Crippen molar-refractivity contribution in [2.24, 2.45) is 5.73 Å². The van der Waals surface area contributed by atoms with Gasteiger partial charge in [0.25, 0.3) is 0 Å². The summed E-state index contributed by atoms with van der Waals surface area (Å²) in [5, 5.41) is 5.20. The third-order valence-electron chi connectivity index (χ3n) is 4.13. The van der Waals surface area contributed by atoms with Crippen LogP contribution in [0, 0.1) is 6.92 Å². The van der Waals surface area contributed by atoms with Crippen LogP contribution in [0.3, 0.4) is 0 Å². The lowest BCUT2D eigenvalue weighted by Crippen LogP contribution is -2.56. The molecule has 1 aliphatic rings. The maximum atomic E-state index is 12.2. The third-order valence-corrected chi connectivity index (χ3v) is 4.13. The van der Waals surface area contributed by atoms with Crippen LogP contribution in [0.5, 0.6) is 5.75 Å².